The van der Waals surface area contributed by atoms with Crippen molar-refractivity contribution < 1.29 is 4.92 Å². The molecule has 0 spiro atoms. The second kappa shape index (κ2) is 4.89. The number of aromatic nitrogens is 3. The molecule has 7 nitrogen and oxygen atoms in total. The smallest absolute Gasteiger partial charge is 0.319 e. The summed E-state index contributed by atoms with van der Waals surface area (Å²) in [5.74, 6) is 0. The van der Waals surface area contributed by atoms with Gasteiger partial charge in [-0.05, 0) is 19.1 Å². The summed E-state index contributed by atoms with van der Waals surface area (Å²) in [7, 11) is 0. The van der Waals surface area contributed by atoms with E-state index < -0.39 is 4.92 Å². The molecule has 0 aliphatic rings. The van der Waals surface area contributed by atoms with Gasteiger partial charge in [0.15, 0.2) is 5.52 Å². The fourth-order valence-corrected chi connectivity index (χ4v) is 2.64. The Bertz CT molecular complexity index is 779. The average molecular weight is 289 g/mol. The highest BCUT2D eigenvalue weighted by atomic mass is 32.1. The van der Waals surface area contributed by atoms with E-state index in [9.17, 15) is 10.1 Å². The number of nitro benzene ring substituents is 1. The third-order valence-electron chi connectivity index (χ3n) is 2.89. The van der Waals surface area contributed by atoms with Crippen molar-refractivity contribution in [1.82, 2.24) is 14.8 Å². The van der Waals surface area contributed by atoms with E-state index in [4.69, 9.17) is 0 Å². The summed E-state index contributed by atoms with van der Waals surface area (Å²) in [6.45, 7) is 2.72. The molecule has 0 atom stereocenters. The van der Waals surface area contributed by atoms with Crippen LogP contribution in [-0.2, 0) is 6.54 Å². The highest BCUT2D eigenvalue weighted by Gasteiger charge is 2.20. The summed E-state index contributed by atoms with van der Waals surface area (Å²) in [6, 6.07) is 3.52. The Labute approximate surface area is 118 Å². The SMILES string of the molecule is CCn1cc(Nc2ccc3scnc3c2[N+](=O)[O-])cn1. The molecule has 3 aromatic rings. The lowest BCUT2D eigenvalue weighted by molar-refractivity contribution is -0.382. The van der Waals surface area contributed by atoms with Gasteiger partial charge in [0.1, 0.15) is 5.69 Å². The van der Waals surface area contributed by atoms with Crippen LogP contribution < -0.4 is 5.32 Å². The van der Waals surface area contributed by atoms with Gasteiger partial charge in [-0.25, -0.2) is 4.98 Å². The zero-order chi connectivity index (χ0) is 14.1. The number of benzene rings is 1. The lowest BCUT2D eigenvalue weighted by atomic mass is 10.2. The number of hydrogen-bond donors (Lipinski definition) is 1. The van der Waals surface area contributed by atoms with Crippen LogP contribution in [0.1, 0.15) is 6.92 Å². The number of hydrogen-bond acceptors (Lipinski definition) is 6. The summed E-state index contributed by atoms with van der Waals surface area (Å²) in [6.07, 6.45) is 3.44. The Balaban J connectivity index is 2.06. The third-order valence-corrected chi connectivity index (χ3v) is 3.69. The quantitative estimate of drug-likeness (QED) is 0.589. The molecule has 3 rings (SSSR count). The average Bonchev–Trinajstić information content (AvgIpc) is 3.06. The fraction of sp³-hybridized carbons (Fsp3) is 0.167. The molecule has 0 amide bonds. The van der Waals surface area contributed by atoms with Gasteiger partial charge in [-0.15, -0.1) is 11.3 Å². The van der Waals surface area contributed by atoms with Crippen LogP contribution in [0, 0.1) is 10.1 Å². The minimum Gasteiger partial charge on any atom is -0.347 e. The van der Waals surface area contributed by atoms with Crippen LogP contribution >= 0.6 is 11.3 Å². The number of rotatable bonds is 4. The van der Waals surface area contributed by atoms with Crippen molar-refractivity contribution in [1.29, 1.82) is 0 Å². The van der Waals surface area contributed by atoms with Crippen LogP contribution in [0.2, 0.25) is 0 Å². The van der Waals surface area contributed by atoms with Gasteiger partial charge in [-0.1, -0.05) is 0 Å². The minimum atomic E-state index is -0.408. The maximum Gasteiger partial charge on any atom is 0.319 e. The van der Waals surface area contributed by atoms with Crippen LogP contribution in [0.4, 0.5) is 17.1 Å². The van der Waals surface area contributed by atoms with Crippen LogP contribution in [0.3, 0.4) is 0 Å². The first-order valence-corrected chi connectivity index (χ1v) is 6.87. The van der Waals surface area contributed by atoms with E-state index in [-0.39, 0.29) is 5.69 Å². The van der Waals surface area contributed by atoms with Crippen molar-refractivity contribution in [3.8, 4) is 0 Å². The predicted molar refractivity (Wildman–Crippen MR) is 77.5 cm³/mol. The molecular weight excluding hydrogens is 278 g/mol. The molecule has 20 heavy (non-hydrogen) atoms. The van der Waals surface area contributed by atoms with Gasteiger partial charge in [0.2, 0.25) is 0 Å². The minimum absolute atomic E-state index is 0.00648. The molecule has 0 aliphatic carbocycles. The molecule has 2 heterocycles. The molecule has 0 saturated heterocycles. The Hall–Kier alpha value is -2.48. The lowest BCUT2D eigenvalue weighted by Crippen LogP contribution is -1.97. The zero-order valence-electron chi connectivity index (χ0n) is 10.6. The molecule has 1 aromatic carbocycles. The molecule has 0 saturated carbocycles. The Morgan fingerprint density at radius 2 is 2.35 bits per heavy atom. The topological polar surface area (TPSA) is 85.9 Å². The molecule has 102 valence electrons. The van der Waals surface area contributed by atoms with Crippen molar-refractivity contribution >= 4 is 38.6 Å². The molecule has 0 aliphatic heterocycles. The Kier molecular flexibility index (Phi) is 3.07. The Morgan fingerprint density at radius 3 is 3.05 bits per heavy atom. The maximum atomic E-state index is 11.3. The van der Waals surface area contributed by atoms with Crippen molar-refractivity contribution in [2.24, 2.45) is 0 Å². The molecule has 2 aromatic heterocycles. The molecule has 0 bridgehead atoms. The summed E-state index contributed by atoms with van der Waals surface area (Å²) >= 11 is 1.38. The predicted octanol–water partition coefficient (Wildman–Crippen LogP) is 3.16. The van der Waals surface area contributed by atoms with E-state index in [0.717, 1.165) is 11.2 Å². The van der Waals surface area contributed by atoms with Crippen molar-refractivity contribution in [3.63, 3.8) is 0 Å². The first-order valence-electron chi connectivity index (χ1n) is 5.99. The maximum absolute atomic E-state index is 11.3. The number of thiazole rings is 1. The van der Waals surface area contributed by atoms with Crippen LogP contribution in [-0.4, -0.2) is 19.7 Å². The standard InChI is InChI=1S/C12H11N5O2S/c1-2-16-6-8(5-14-16)15-9-3-4-10-11(13-7-20-10)12(9)17(18)19/h3-7,15H,2H2,1H3. The van der Waals surface area contributed by atoms with Crippen molar-refractivity contribution in [3.05, 3.63) is 40.2 Å². The second-order valence-corrected chi connectivity index (χ2v) is 5.01. The van der Waals surface area contributed by atoms with E-state index in [1.165, 1.54) is 11.3 Å². The number of fused-ring (bicyclic) bond motifs is 1. The van der Waals surface area contributed by atoms with E-state index in [1.54, 1.807) is 28.7 Å². The summed E-state index contributed by atoms with van der Waals surface area (Å²) < 4.78 is 2.54. The van der Waals surface area contributed by atoms with E-state index in [2.05, 4.69) is 15.4 Å². The highest BCUT2D eigenvalue weighted by molar-refractivity contribution is 7.16. The van der Waals surface area contributed by atoms with E-state index >= 15 is 0 Å². The molecule has 0 unspecified atom stereocenters. The highest BCUT2D eigenvalue weighted by Crippen LogP contribution is 2.35. The molecule has 0 fully saturated rings. The summed E-state index contributed by atoms with van der Waals surface area (Å²) in [4.78, 5) is 15.0. The van der Waals surface area contributed by atoms with Crippen LogP contribution in [0.15, 0.2) is 30.0 Å². The fourth-order valence-electron chi connectivity index (χ4n) is 1.96. The van der Waals surface area contributed by atoms with Gasteiger partial charge in [-0.2, -0.15) is 5.10 Å². The zero-order valence-corrected chi connectivity index (χ0v) is 11.4. The first-order chi connectivity index (χ1) is 9.69. The first kappa shape index (κ1) is 12.5. The molecule has 0 radical (unpaired) electrons. The number of aryl methyl sites for hydroxylation is 1. The summed E-state index contributed by atoms with van der Waals surface area (Å²) in [5, 5.41) is 18.5. The third kappa shape index (κ3) is 2.10. The second-order valence-electron chi connectivity index (χ2n) is 4.13. The normalized spacial score (nSPS) is 10.8. The summed E-state index contributed by atoms with van der Waals surface area (Å²) in [5.41, 5.74) is 3.14. The Morgan fingerprint density at radius 1 is 1.50 bits per heavy atom. The van der Waals surface area contributed by atoms with Crippen molar-refractivity contribution in [2.75, 3.05) is 5.32 Å². The number of nitro groups is 1. The molecular formula is C12H11N5O2S. The van der Waals surface area contributed by atoms with Gasteiger partial charge < -0.3 is 5.32 Å². The number of nitrogens with zero attached hydrogens (tertiary/aromatic N) is 4. The van der Waals surface area contributed by atoms with Crippen LogP contribution in [0.5, 0.6) is 0 Å². The van der Waals surface area contributed by atoms with E-state index in [0.29, 0.717) is 16.9 Å². The molecule has 1 N–H and O–H groups in total. The van der Waals surface area contributed by atoms with Gasteiger partial charge in [-0.3, -0.25) is 14.8 Å². The van der Waals surface area contributed by atoms with Gasteiger partial charge in [0.05, 0.1) is 27.0 Å². The van der Waals surface area contributed by atoms with Gasteiger partial charge >= 0.3 is 5.69 Å². The van der Waals surface area contributed by atoms with E-state index in [1.807, 2.05) is 13.0 Å². The largest absolute Gasteiger partial charge is 0.347 e. The van der Waals surface area contributed by atoms with Gasteiger partial charge in [0, 0.05) is 12.7 Å². The number of anilines is 2. The van der Waals surface area contributed by atoms with Crippen molar-refractivity contribution in [2.45, 2.75) is 13.5 Å². The monoisotopic (exact) mass is 289 g/mol. The number of nitrogens with one attached hydrogen (secondary N) is 1. The van der Waals surface area contributed by atoms with Gasteiger partial charge in [0.25, 0.3) is 0 Å². The van der Waals surface area contributed by atoms with Crippen LogP contribution in [0.25, 0.3) is 10.2 Å². The lowest BCUT2D eigenvalue weighted by Gasteiger charge is -2.04. The molecule has 8 heteroatoms.